The Morgan fingerprint density at radius 2 is 1.57 bits per heavy atom. The van der Waals surface area contributed by atoms with Crippen LogP contribution in [0.1, 0.15) is 91.9 Å². The lowest BCUT2D eigenvalue weighted by molar-refractivity contribution is -0.239. The number of halogens is 1. The first kappa shape index (κ1) is 28.3. The molecule has 35 heavy (non-hydrogen) atoms. The summed E-state index contributed by atoms with van der Waals surface area (Å²) in [6.07, 6.45) is 13.7. The zero-order valence-electron chi connectivity index (χ0n) is 23.4. The Morgan fingerprint density at radius 1 is 0.886 bits per heavy atom. The van der Waals surface area contributed by atoms with Crippen molar-refractivity contribution in [1.29, 1.82) is 0 Å². The first-order chi connectivity index (χ1) is 16.9. The molecule has 4 nitrogen and oxygen atoms in total. The molecule has 4 aliphatic rings. The van der Waals surface area contributed by atoms with Crippen molar-refractivity contribution in [3.05, 3.63) is 0 Å². The van der Waals surface area contributed by atoms with Crippen molar-refractivity contribution < 1.29 is 18.9 Å². The second-order valence-corrected chi connectivity index (χ2v) is 13.8. The molecule has 0 saturated heterocycles. The van der Waals surface area contributed by atoms with Gasteiger partial charge in [-0.15, -0.1) is 0 Å². The zero-order chi connectivity index (χ0) is 25.2. The normalized spacial score (nSPS) is 46.0. The maximum atomic E-state index is 6.74. The van der Waals surface area contributed by atoms with Gasteiger partial charge >= 0.3 is 0 Å². The molecule has 0 amide bonds. The molecule has 0 spiro atoms. The number of ether oxygens (including phenoxy) is 4. The van der Waals surface area contributed by atoms with Crippen LogP contribution in [-0.2, 0) is 18.9 Å². The molecule has 0 aromatic rings. The highest BCUT2D eigenvalue weighted by Gasteiger charge is 2.65. The van der Waals surface area contributed by atoms with Gasteiger partial charge in [-0.1, -0.05) is 50.0 Å². The fourth-order valence-electron chi connectivity index (χ4n) is 10.2. The number of hydrogen-bond donors (Lipinski definition) is 0. The van der Waals surface area contributed by atoms with Crippen LogP contribution in [0.5, 0.6) is 0 Å². The van der Waals surface area contributed by atoms with E-state index in [-0.39, 0.29) is 0 Å². The standard InChI is InChI=1S/C30H53BrO4/c1-7-22-26-17-21(34-18-32-5)12-14-30(26,4)25-13-15-29(3)23(20(2)9-8-16-31)10-11-24(29)27(25)28(22)35-19-33-6/h20-28H,7-19H2,1-6H3/t20-,21-,22-,23-,24?,25?,26?,27?,28-,29?,30?/m1/s1. The van der Waals surface area contributed by atoms with Crippen LogP contribution in [-0.4, -0.2) is 45.3 Å². The summed E-state index contributed by atoms with van der Waals surface area (Å²) in [4.78, 5) is 0. The van der Waals surface area contributed by atoms with Gasteiger partial charge in [-0.05, 0) is 110 Å². The molecule has 0 aromatic heterocycles. The second-order valence-electron chi connectivity index (χ2n) is 13.0. The van der Waals surface area contributed by atoms with Crippen LogP contribution in [0.4, 0.5) is 0 Å². The number of fused-ring (bicyclic) bond motifs is 5. The molecule has 5 heteroatoms. The highest BCUT2D eigenvalue weighted by Crippen LogP contribution is 2.70. The van der Waals surface area contributed by atoms with Crippen LogP contribution in [0.15, 0.2) is 0 Å². The number of rotatable bonds is 11. The zero-order valence-corrected chi connectivity index (χ0v) is 25.0. The molecular formula is C30H53BrO4. The molecule has 0 aromatic carbocycles. The Bertz CT molecular complexity index is 675. The van der Waals surface area contributed by atoms with Crippen molar-refractivity contribution in [2.45, 2.75) is 104 Å². The quantitative estimate of drug-likeness (QED) is 0.193. The van der Waals surface area contributed by atoms with Gasteiger partial charge in [-0.3, -0.25) is 0 Å². The third kappa shape index (κ3) is 5.16. The summed E-state index contributed by atoms with van der Waals surface area (Å²) in [6, 6.07) is 0. The van der Waals surface area contributed by atoms with Gasteiger partial charge in [0, 0.05) is 19.5 Å². The van der Waals surface area contributed by atoms with E-state index in [2.05, 4.69) is 43.6 Å². The molecule has 0 heterocycles. The summed E-state index contributed by atoms with van der Waals surface area (Å²) in [5.41, 5.74) is 0.855. The minimum Gasteiger partial charge on any atom is -0.359 e. The largest absolute Gasteiger partial charge is 0.359 e. The van der Waals surface area contributed by atoms with Crippen molar-refractivity contribution in [2.24, 2.45) is 52.3 Å². The number of methoxy groups -OCH3 is 2. The average Bonchev–Trinajstić information content (AvgIpc) is 3.21. The predicted molar refractivity (Wildman–Crippen MR) is 145 cm³/mol. The van der Waals surface area contributed by atoms with Crippen LogP contribution < -0.4 is 0 Å². The van der Waals surface area contributed by atoms with Crippen LogP contribution in [0, 0.1) is 52.3 Å². The lowest BCUT2D eigenvalue weighted by Crippen LogP contribution is -2.63. The lowest BCUT2D eigenvalue weighted by atomic mass is 9.41. The topological polar surface area (TPSA) is 36.9 Å². The van der Waals surface area contributed by atoms with Crippen LogP contribution >= 0.6 is 15.9 Å². The van der Waals surface area contributed by atoms with Gasteiger partial charge in [0.15, 0.2) is 0 Å². The second kappa shape index (κ2) is 12.0. The number of hydrogen-bond acceptors (Lipinski definition) is 4. The molecule has 0 radical (unpaired) electrons. The maximum Gasteiger partial charge on any atom is 0.146 e. The molecule has 0 N–H and O–H groups in total. The molecule has 4 fully saturated rings. The van der Waals surface area contributed by atoms with Crippen molar-refractivity contribution in [1.82, 2.24) is 0 Å². The monoisotopic (exact) mass is 556 g/mol. The van der Waals surface area contributed by atoms with Crippen molar-refractivity contribution >= 4 is 15.9 Å². The predicted octanol–water partition coefficient (Wildman–Crippen LogP) is 7.68. The van der Waals surface area contributed by atoms with Gasteiger partial charge < -0.3 is 18.9 Å². The molecule has 4 aliphatic carbocycles. The Hall–Kier alpha value is 0.320. The molecule has 204 valence electrons. The SMILES string of the molecule is CC[C@@H]1C2C[C@H](OCOC)CCC2(C)C2CCC3(C)C(CC[C@@H]3[C@H](C)CCCBr)C2[C@@H]1OCOC. The summed E-state index contributed by atoms with van der Waals surface area (Å²) in [5.74, 6) is 5.13. The third-order valence-electron chi connectivity index (χ3n) is 11.7. The minimum absolute atomic E-state index is 0.311. The van der Waals surface area contributed by atoms with E-state index >= 15 is 0 Å². The van der Waals surface area contributed by atoms with E-state index in [1.165, 1.54) is 57.8 Å². The highest BCUT2D eigenvalue weighted by molar-refractivity contribution is 9.09. The first-order valence-electron chi connectivity index (χ1n) is 14.6. The first-order valence-corrected chi connectivity index (χ1v) is 15.7. The van der Waals surface area contributed by atoms with Crippen molar-refractivity contribution in [2.75, 3.05) is 33.1 Å². The van der Waals surface area contributed by atoms with E-state index in [0.717, 1.165) is 35.4 Å². The Balaban J connectivity index is 1.64. The van der Waals surface area contributed by atoms with Gasteiger partial charge in [0.2, 0.25) is 0 Å². The Labute approximate surface area is 224 Å². The molecule has 4 rings (SSSR count). The molecule has 0 bridgehead atoms. The van der Waals surface area contributed by atoms with Crippen molar-refractivity contribution in [3.8, 4) is 0 Å². The third-order valence-corrected chi connectivity index (χ3v) is 12.3. The summed E-state index contributed by atoms with van der Waals surface area (Å²) < 4.78 is 23.7. The molecular weight excluding hydrogens is 504 g/mol. The fourth-order valence-corrected chi connectivity index (χ4v) is 10.5. The molecule has 6 unspecified atom stereocenters. The summed E-state index contributed by atoms with van der Waals surface area (Å²) in [6.45, 7) is 11.1. The van der Waals surface area contributed by atoms with Crippen molar-refractivity contribution in [3.63, 3.8) is 0 Å². The fraction of sp³-hybridized carbons (Fsp3) is 1.00. The summed E-state index contributed by atoms with van der Waals surface area (Å²) in [7, 11) is 3.51. The molecule has 11 atom stereocenters. The summed E-state index contributed by atoms with van der Waals surface area (Å²) >= 11 is 3.67. The van der Waals surface area contributed by atoms with Crippen LogP contribution in [0.3, 0.4) is 0 Å². The van der Waals surface area contributed by atoms with Gasteiger partial charge in [0.25, 0.3) is 0 Å². The van der Waals surface area contributed by atoms with Gasteiger partial charge in [0.1, 0.15) is 13.6 Å². The van der Waals surface area contributed by atoms with E-state index in [1.807, 2.05) is 0 Å². The smallest absolute Gasteiger partial charge is 0.146 e. The molecule has 4 saturated carbocycles. The Kier molecular flexibility index (Phi) is 9.72. The number of alkyl halides is 1. The molecule has 0 aliphatic heterocycles. The van der Waals surface area contributed by atoms with Gasteiger partial charge in [-0.2, -0.15) is 0 Å². The van der Waals surface area contributed by atoms with E-state index in [1.54, 1.807) is 14.2 Å². The van der Waals surface area contributed by atoms with Crippen LogP contribution in [0.25, 0.3) is 0 Å². The lowest BCUT2D eigenvalue weighted by Gasteiger charge is -2.65. The Morgan fingerprint density at radius 3 is 2.26 bits per heavy atom. The average molecular weight is 558 g/mol. The van der Waals surface area contributed by atoms with E-state index in [4.69, 9.17) is 18.9 Å². The maximum absolute atomic E-state index is 6.74. The van der Waals surface area contributed by atoms with Gasteiger partial charge in [0.05, 0.1) is 12.2 Å². The van der Waals surface area contributed by atoms with Crippen LogP contribution in [0.2, 0.25) is 0 Å². The van der Waals surface area contributed by atoms with E-state index in [0.29, 0.717) is 54.4 Å². The summed E-state index contributed by atoms with van der Waals surface area (Å²) in [5, 5.41) is 1.13. The van der Waals surface area contributed by atoms with Gasteiger partial charge in [-0.25, -0.2) is 0 Å². The highest BCUT2D eigenvalue weighted by atomic mass is 79.9. The minimum atomic E-state index is 0.311. The van der Waals surface area contributed by atoms with E-state index in [9.17, 15) is 0 Å². The van der Waals surface area contributed by atoms with E-state index < -0.39 is 0 Å².